The maximum atomic E-state index is 12.0. The van der Waals surface area contributed by atoms with Gasteiger partial charge >= 0.3 is 6.09 Å². The Balaban J connectivity index is 2.40. The SMILES string of the molecule is CC(C)C(=O)N(C)CCN(C)C(=O)OCc1ccc(C(C)C)cc1. The van der Waals surface area contributed by atoms with Crippen LogP contribution in [0.15, 0.2) is 24.3 Å². The molecule has 0 aliphatic rings. The Labute approximate surface area is 145 Å². The van der Waals surface area contributed by atoms with Crippen molar-refractivity contribution < 1.29 is 14.3 Å². The van der Waals surface area contributed by atoms with Crippen molar-refractivity contribution in [3.05, 3.63) is 35.4 Å². The fourth-order valence-corrected chi connectivity index (χ4v) is 2.20. The van der Waals surface area contributed by atoms with Gasteiger partial charge in [0.05, 0.1) is 0 Å². The summed E-state index contributed by atoms with van der Waals surface area (Å²) < 4.78 is 5.31. The predicted octanol–water partition coefficient (Wildman–Crippen LogP) is 3.49. The number of carbonyl (C=O) groups excluding carboxylic acids is 2. The smallest absolute Gasteiger partial charge is 0.409 e. The van der Waals surface area contributed by atoms with Crippen molar-refractivity contribution in [2.75, 3.05) is 27.2 Å². The Morgan fingerprint density at radius 3 is 2.00 bits per heavy atom. The molecule has 0 aliphatic heterocycles. The maximum Gasteiger partial charge on any atom is 0.409 e. The molecule has 0 radical (unpaired) electrons. The minimum absolute atomic E-state index is 0.0407. The van der Waals surface area contributed by atoms with Crippen LogP contribution in [0.3, 0.4) is 0 Å². The highest BCUT2D eigenvalue weighted by molar-refractivity contribution is 5.77. The molecule has 0 heterocycles. The van der Waals surface area contributed by atoms with Gasteiger partial charge in [-0.3, -0.25) is 4.79 Å². The number of amides is 2. The molecule has 0 aliphatic carbocycles. The number of nitrogens with zero attached hydrogens (tertiary/aromatic N) is 2. The van der Waals surface area contributed by atoms with Gasteiger partial charge in [-0.1, -0.05) is 52.0 Å². The molecule has 5 heteroatoms. The van der Waals surface area contributed by atoms with Crippen molar-refractivity contribution in [2.24, 2.45) is 5.92 Å². The zero-order valence-corrected chi connectivity index (χ0v) is 15.7. The average Bonchev–Trinajstić information content (AvgIpc) is 2.56. The van der Waals surface area contributed by atoms with E-state index in [1.165, 1.54) is 10.5 Å². The average molecular weight is 334 g/mol. The summed E-state index contributed by atoms with van der Waals surface area (Å²) in [6.07, 6.45) is -0.381. The fraction of sp³-hybridized carbons (Fsp3) is 0.579. The molecule has 24 heavy (non-hydrogen) atoms. The third-order valence-electron chi connectivity index (χ3n) is 3.96. The number of hydrogen-bond donors (Lipinski definition) is 0. The van der Waals surface area contributed by atoms with Crippen LogP contribution >= 0.6 is 0 Å². The monoisotopic (exact) mass is 334 g/mol. The molecule has 0 bridgehead atoms. The van der Waals surface area contributed by atoms with E-state index in [2.05, 4.69) is 26.0 Å². The first-order chi connectivity index (χ1) is 11.2. The number of carbonyl (C=O) groups is 2. The zero-order valence-electron chi connectivity index (χ0n) is 15.7. The largest absolute Gasteiger partial charge is 0.445 e. The maximum absolute atomic E-state index is 12.0. The van der Waals surface area contributed by atoms with Crippen molar-refractivity contribution in [3.8, 4) is 0 Å². The van der Waals surface area contributed by atoms with Crippen LogP contribution in [0.5, 0.6) is 0 Å². The van der Waals surface area contributed by atoms with E-state index < -0.39 is 0 Å². The third kappa shape index (κ3) is 6.22. The summed E-state index contributed by atoms with van der Waals surface area (Å²) in [7, 11) is 3.43. The van der Waals surface area contributed by atoms with Gasteiger partial charge < -0.3 is 14.5 Å². The number of rotatable bonds is 7. The Morgan fingerprint density at radius 1 is 0.958 bits per heavy atom. The van der Waals surface area contributed by atoms with Gasteiger partial charge in [-0.05, 0) is 17.0 Å². The van der Waals surface area contributed by atoms with Crippen molar-refractivity contribution in [3.63, 3.8) is 0 Å². The first-order valence-corrected chi connectivity index (χ1v) is 8.44. The van der Waals surface area contributed by atoms with Crippen molar-refractivity contribution in [2.45, 2.75) is 40.2 Å². The molecule has 1 rings (SSSR count). The summed E-state index contributed by atoms with van der Waals surface area (Å²) in [5.74, 6) is 0.515. The Morgan fingerprint density at radius 2 is 1.50 bits per heavy atom. The summed E-state index contributed by atoms with van der Waals surface area (Å²) in [6, 6.07) is 8.09. The van der Waals surface area contributed by atoms with E-state index in [1.807, 2.05) is 26.0 Å². The topological polar surface area (TPSA) is 49.9 Å². The molecule has 2 amide bonds. The molecule has 134 valence electrons. The number of benzene rings is 1. The first kappa shape index (κ1) is 20.0. The molecule has 0 atom stereocenters. The molecule has 0 spiro atoms. The molecule has 0 unspecified atom stereocenters. The fourth-order valence-electron chi connectivity index (χ4n) is 2.20. The quantitative estimate of drug-likeness (QED) is 0.767. The molecule has 1 aromatic rings. The highest BCUT2D eigenvalue weighted by atomic mass is 16.6. The van der Waals surface area contributed by atoms with Crippen molar-refractivity contribution in [1.82, 2.24) is 9.80 Å². The van der Waals surface area contributed by atoms with Crippen LogP contribution in [-0.2, 0) is 16.1 Å². The minimum Gasteiger partial charge on any atom is -0.445 e. The lowest BCUT2D eigenvalue weighted by molar-refractivity contribution is -0.133. The second kappa shape index (κ2) is 9.30. The lowest BCUT2D eigenvalue weighted by Crippen LogP contribution is -2.39. The predicted molar refractivity (Wildman–Crippen MR) is 95.8 cm³/mol. The zero-order chi connectivity index (χ0) is 18.3. The Kier molecular flexibility index (Phi) is 7.75. The van der Waals surface area contributed by atoms with E-state index in [4.69, 9.17) is 4.74 Å². The van der Waals surface area contributed by atoms with Crippen LogP contribution in [0.2, 0.25) is 0 Å². The van der Waals surface area contributed by atoms with E-state index in [9.17, 15) is 9.59 Å². The van der Waals surface area contributed by atoms with Crippen molar-refractivity contribution >= 4 is 12.0 Å². The van der Waals surface area contributed by atoms with E-state index in [1.54, 1.807) is 19.0 Å². The third-order valence-corrected chi connectivity index (χ3v) is 3.96. The van der Waals surface area contributed by atoms with Crippen LogP contribution in [0.4, 0.5) is 4.79 Å². The number of hydrogen-bond acceptors (Lipinski definition) is 3. The van der Waals surface area contributed by atoms with E-state index in [-0.39, 0.29) is 24.5 Å². The summed E-state index contributed by atoms with van der Waals surface area (Å²) in [6.45, 7) is 9.20. The Hall–Kier alpha value is -2.04. The molecule has 0 aromatic heterocycles. The minimum atomic E-state index is -0.381. The molecule has 0 fully saturated rings. The molecule has 1 aromatic carbocycles. The summed E-state index contributed by atoms with van der Waals surface area (Å²) in [5.41, 5.74) is 2.23. The first-order valence-electron chi connectivity index (χ1n) is 8.44. The van der Waals surface area contributed by atoms with Crippen molar-refractivity contribution in [1.29, 1.82) is 0 Å². The van der Waals surface area contributed by atoms with Gasteiger partial charge in [0.15, 0.2) is 0 Å². The van der Waals surface area contributed by atoms with Crippen LogP contribution in [0.1, 0.15) is 44.7 Å². The molecule has 0 saturated heterocycles. The molecular formula is C19H30N2O3. The van der Waals surface area contributed by atoms with Gasteiger partial charge in [-0.25, -0.2) is 4.79 Å². The summed E-state index contributed by atoms with van der Waals surface area (Å²) in [5, 5.41) is 0. The molecule has 5 nitrogen and oxygen atoms in total. The molecule has 0 saturated carbocycles. The van der Waals surface area contributed by atoms with Crippen LogP contribution < -0.4 is 0 Å². The molecular weight excluding hydrogens is 304 g/mol. The van der Waals surface area contributed by atoms with Gasteiger partial charge in [0.2, 0.25) is 5.91 Å². The van der Waals surface area contributed by atoms with Gasteiger partial charge in [-0.2, -0.15) is 0 Å². The summed E-state index contributed by atoms with van der Waals surface area (Å²) >= 11 is 0. The lowest BCUT2D eigenvalue weighted by atomic mass is 10.0. The number of ether oxygens (including phenoxy) is 1. The Bertz CT molecular complexity index is 538. The van der Waals surface area contributed by atoms with Gasteiger partial charge in [0.25, 0.3) is 0 Å². The van der Waals surface area contributed by atoms with E-state index in [0.29, 0.717) is 19.0 Å². The second-order valence-corrected chi connectivity index (χ2v) is 6.79. The lowest BCUT2D eigenvalue weighted by Gasteiger charge is -2.23. The highest BCUT2D eigenvalue weighted by Gasteiger charge is 2.15. The molecule has 0 N–H and O–H groups in total. The normalized spacial score (nSPS) is 10.8. The highest BCUT2D eigenvalue weighted by Crippen LogP contribution is 2.15. The number of likely N-dealkylation sites (N-methyl/N-ethyl adjacent to an activating group) is 2. The van der Waals surface area contributed by atoms with Crippen LogP contribution in [0.25, 0.3) is 0 Å². The van der Waals surface area contributed by atoms with Crippen LogP contribution in [0, 0.1) is 5.92 Å². The van der Waals surface area contributed by atoms with Gasteiger partial charge in [-0.15, -0.1) is 0 Å². The van der Waals surface area contributed by atoms with E-state index >= 15 is 0 Å². The standard InChI is InChI=1S/C19H30N2O3/c1-14(2)17-9-7-16(8-10-17)13-24-19(23)21(6)12-11-20(5)18(22)15(3)4/h7-10,14-15H,11-13H2,1-6H3. The van der Waals surface area contributed by atoms with Crippen LogP contribution in [-0.4, -0.2) is 49.0 Å². The van der Waals surface area contributed by atoms with Gasteiger partial charge in [0, 0.05) is 33.1 Å². The second-order valence-electron chi connectivity index (χ2n) is 6.79. The van der Waals surface area contributed by atoms with Gasteiger partial charge in [0.1, 0.15) is 6.61 Å². The van der Waals surface area contributed by atoms with E-state index in [0.717, 1.165) is 5.56 Å². The summed E-state index contributed by atoms with van der Waals surface area (Å²) in [4.78, 5) is 26.9.